The molecule has 1 aliphatic heterocycles. The number of hydrogen-bond acceptors (Lipinski definition) is 6. The van der Waals surface area contributed by atoms with Gasteiger partial charge >= 0.3 is 0 Å². The highest BCUT2D eigenvalue weighted by atomic mass is 19.1. The summed E-state index contributed by atoms with van der Waals surface area (Å²) in [6.45, 7) is 5.67. The fourth-order valence-corrected chi connectivity index (χ4v) is 5.70. The van der Waals surface area contributed by atoms with Crippen LogP contribution in [0.15, 0.2) is 18.3 Å². The van der Waals surface area contributed by atoms with Crippen molar-refractivity contribution >= 4 is 11.5 Å². The average molecular weight is 485 g/mol. The smallest absolute Gasteiger partial charge is 0.168 e. The van der Waals surface area contributed by atoms with Crippen LogP contribution in [0, 0.1) is 17.0 Å². The van der Waals surface area contributed by atoms with E-state index in [0.29, 0.717) is 28.4 Å². The van der Waals surface area contributed by atoms with Gasteiger partial charge in [0.15, 0.2) is 23.1 Å². The zero-order chi connectivity index (χ0) is 24.6. The monoisotopic (exact) mass is 484 g/mol. The number of anilines is 1. The van der Waals surface area contributed by atoms with Crippen LogP contribution in [-0.4, -0.2) is 45.8 Å². The molecule has 0 bridgehead atoms. The number of nitrogens with one attached hydrogen (secondary N) is 2. The Bertz CT molecular complexity index is 1190. The van der Waals surface area contributed by atoms with E-state index in [-0.39, 0.29) is 17.6 Å². The van der Waals surface area contributed by atoms with Crippen LogP contribution in [0.1, 0.15) is 70.4 Å². The Morgan fingerprint density at radius 2 is 1.94 bits per heavy atom. The van der Waals surface area contributed by atoms with E-state index < -0.39 is 11.6 Å². The van der Waals surface area contributed by atoms with E-state index in [9.17, 15) is 8.78 Å². The fourth-order valence-electron chi connectivity index (χ4n) is 5.70. The molecule has 3 aromatic rings. The Morgan fingerprint density at radius 1 is 1.14 bits per heavy atom. The van der Waals surface area contributed by atoms with Crippen LogP contribution in [0.3, 0.4) is 0 Å². The quantitative estimate of drug-likeness (QED) is 0.511. The van der Waals surface area contributed by atoms with Crippen molar-refractivity contribution in [1.29, 1.82) is 0 Å². The Balaban J connectivity index is 0.00000124. The summed E-state index contributed by atoms with van der Waals surface area (Å²) in [6, 6.07) is 2.77. The lowest BCUT2D eigenvalue weighted by Gasteiger charge is -2.54. The Kier molecular flexibility index (Phi) is 6.61. The fraction of sp³-hybridized carbons (Fsp3) is 0.577. The van der Waals surface area contributed by atoms with Gasteiger partial charge in [0.05, 0.1) is 13.3 Å². The van der Waals surface area contributed by atoms with Crippen molar-refractivity contribution in [3.05, 3.63) is 35.7 Å². The van der Waals surface area contributed by atoms with E-state index in [1.54, 1.807) is 11.6 Å². The first kappa shape index (κ1) is 23.9. The molecule has 6 rings (SSSR count). The molecular formula is C26H34F2N6O. The van der Waals surface area contributed by atoms with Gasteiger partial charge in [0, 0.05) is 30.6 Å². The number of rotatable bonds is 5. The standard InChI is InChI=1S/C24H28F2N6O.C2H6/c1-33-19-9-20-28-13-18(32(20)31-21(19)14-10-24(11-14)5-3-6-24)22-16(25)8-17(26)23(30-22)29-15-4-2-7-27-12-15;1-2/h8-9,13-15,27H,2-7,10-12H2,1H3,(H,29,30);1-2H3. The van der Waals surface area contributed by atoms with E-state index in [4.69, 9.17) is 9.84 Å². The number of halogens is 2. The number of piperidine rings is 1. The van der Waals surface area contributed by atoms with Gasteiger partial charge in [-0.05, 0) is 50.5 Å². The molecule has 4 heterocycles. The first-order valence-corrected chi connectivity index (χ1v) is 12.8. The van der Waals surface area contributed by atoms with Crippen molar-refractivity contribution < 1.29 is 13.5 Å². The lowest BCUT2D eigenvalue weighted by molar-refractivity contribution is 0.00648. The Morgan fingerprint density at radius 3 is 2.60 bits per heavy atom. The normalized spacial score (nSPS) is 21.1. The maximum absolute atomic E-state index is 14.9. The van der Waals surface area contributed by atoms with Gasteiger partial charge in [-0.1, -0.05) is 20.3 Å². The van der Waals surface area contributed by atoms with Crippen molar-refractivity contribution in [1.82, 2.24) is 24.9 Å². The highest BCUT2D eigenvalue weighted by Gasteiger charge is 2.49. The van der Waals surface area contributed by atoms with E-state index in [1.807, 2.05) is 19.9 Å². The molecule has 1 unspecified atom stereocenters. The van der Waals surface area contributed by atoms with Gasteiger partial charge in [-0.15, -0.1) is 0 Å². The van der Waals surface area contributed by atoms with E-state index in [2.05, 4.69) is 20.6 Å². The highest BCUT2D eigenvalue weighted by Crippen LogP contribution is 2.62. The second-order valence-electron chi connectivity index (χ2n) is 9.81. The number of hydrogen-bond donors (Lipinski definition) is 2. The number of methoxy groups -OCH3 is 1. The summed E-state index contributed by atoms with van der Waals surface area (Å²) in [6.07, 6.45) is 9.56. The van der Waals surface area contributed by atoms with Crippen molar-refractivity contribution in [3.63, 3.8) is 0 Å². The van der Waals surface area contributed by atoms with E-state index >= 15 is 0 Å². The molecule has 1 spiro atoms. The van der Waals surface area contributed by atoms with Crippen LogP contribution in [0.5, 0.6) is 5.75 Å². The van der Waals surface area contributed by atoms with Crippen molar-refractivity contribution in [3.8, 4) is 17.1 Å². The molecule has 35 heavy (non-hydrogen) atoms. The summed E-state index contributed by atoms with van der Waals surface area (Å²) in [5, 5.41) is 11.2. The molecule has 3 fully saturated rings. The first-order valence-electron chi connectivity index (χ1n) is 12.8. The molecular weight excluding hydrogens is 450 g/mol. The molecule has 2 N–H and O–H groups in total. The summed E-state index contributed by atoms with van der Waals surface area (Å²) in [4.78, 5) is 8.74. The maximum atomic E-state index is 14.9. The Labute approximate surface area is 204 Å². The van der Waals surface area contributed by atoms with E-state index in [0.717, 1.165) is 50.5 Å². The minimum absolute atomic E-state index is 0.0304. The van der Waals surface area contributed by atoms with Crippen LogP contribution in [-0.2, 0) is 0 Å². The minimum Gasteiger partial charge on any atom is -0.495 e. The van der Waals surface area contributed by atoms with E-state index in [1.165, 1.54) is 25.5 Å². The number of nitrogens with zero attached hydrogens (tertiary/aromatic N) is 4. The number of imidazole rings is 1. The zero-order valence-corrected chi connectivity index (χ0v) is 20.7. The van der Waals surface area contributed by atoms with Gasteiger partial charge < -0.3 is 15.4 Å². The van der Waals surface area contributed by atoms with Crippen molar-refractivity contribution in [2.24, 2.45) is 5.41 Å². The third kappa shape index (κ3) is 4.35. The molecule has 3 aliphatic rings. The molecule has 1 saturated heterocycles. The predicted molar refractivity (Wildman–Crippen MR) is 132 cm³/mol. The molecule has 7 nitrogen and oxygen atoms in total. The van der Waals surface area contributed by atoms with Crippen LogP contribution in [0.4, 0.5) is 14.6 Å². The minimum atomic E-state index is -0.738. The van der Waals surface area contributed by atoms with Gasteiger partial charge in [0.2, 0.25) is 0 Å². The lowest BCUT2D eigenvalue weighted by atomic mass is 9.51. The van der Waals surface area contributed by atoms with Gasteiger partial charge in [-0.25, -0.2) is 23.3 Å². The molecule has 188 valence electrons. The lowest BCUT2D eigenvalue weighted by Crippen LogP contribution is -2.41. The van der Waals surface area contributed by atoms with Gasteiger partial charge in [-0.2, -0.15) is 5.10 Å². The molecule has 0 amide bonds. The van der Waals surface area contributed by atoms with Gasteiger partial charge in [-0.3, -0.25) is 0 Å². The molecule has 1 atom stereocenters. The van der Waals surface area contributed by atoms with Crippen LogP contribution in [0.25, 0.3) is 17.0 Å². The second kappa shape index (κ2) is 9.68. The Hall–Kier alpha value is -2.81. The summed E-state index contributed by atoms with van der Waals surface area (Å²) in [5.74, 6) is -0.362. The highest BCUT2D eigenvalue weighted by molar-refractivity contribution is 5.63. The van der Waals surface area contributed by atoms with Crippen LogP contribution < -0.4 is 15.4 Å². The number of fused-ring (bicyclic) bond motifs is 1. The topological polar surface area (TPSA) is 76.4 Å². The molecule has 2 aliphatic carbocycles. The number of ether oxygens (including phenoxy) is 1. The van der Waals surface area contributed by atoms with Gasteiger partial charge in [0.1, 0.15) is 22.8 Å². The predicted octanol–water partition coefficient (Wildman–Crippen LogP) is 5.32. The zero-order valence-electron chi connectivity index (χ0n) is 20.7. The molecule has 0 radical (unpaired) electrons. The molecule has 3 aromatic heterocycles. The van der Waals surface area contributed by atoms with Gasteiger partial charge in [0.25, 0.3) is 0 Å². The number of pyridine rings is 1. The summed E-state index contributed by atoms with van der Waals surface area (Å²) < 4.78 is 36.7. The third-order valence-corrected chi connectivity index (χ3v) is 7.67. The summed E-state index contributed by atoms with van der Waals surface area (Å²) >= 11 is 0. The van der Waals surface area contributed by atoms with Crippen LogP contribution >= 0.6 is 0 Å². The SMILES string of the molecule is CC.COc1cc2ncc(-c3nc(NC4CCCNC4)c(F)cc3F)n2nc1C1CC2(CCC2)C1. The number of aromatic nitrogens is 4. The maximum Gasteiger partial charge on any atom is 0.168 e. The largest absolute Gasteiger partial charge is 0.495 e. The molecule has 9 heteroatoms. The second-order valence-corrected chi connectivity index (χ2v) is 9.81. The third-order valence-electron chi connectivity index (χ3n) is 7.67. The summed E-state index contributed by atoms with van der Waals surface area (Å²) in [7, 11) is 1.64. The molecule has 0 aromatic carbocycles. The average Bonchev–Trinajstić information content (AvgIpc) is 3.23. The first-order chi connectivity index (χ1) is 17.0. The molecule has 2 saturated carbocycles. The van der Waals surface area contributed by atoms with Crippen LogP contribution in [0.2, 0.25) is 0 Å². The summed E-state index contributed by atoms with van der Waals surface area (Å²) in [5.41, 5.74) is 2.33. The van der Waals surface area contributed by atoms with Crippen molar-refractivity contribution in [2.45, 2.75) is 70.8 Å². The van der Waals surface area contributed by atoms with Crippen molar-refractivity contribution in [2.75, 3.05) is 25.5 Å².